The van der Waals surface area contributed by atoms with Crippen LogP contribution in [0.25, 0.3) is 10.4 Å². The molecule has 2 N–H and O–H groups in total. The fraction of sp³-hybridized carbons (Fsp3) is 0.240. The van der Waals surface area contributed by atoms with Gasteiger partial charge in [-0.1, -0.05) is 30.3 Å². The maximum atomic E-state index is 13.7. The molecule has 10 heteroatoms. The first-order valence-corrected chi connectivity index (χ1v) is 13.4. The lowest BCUT2D eigenvalue weighted by Gasteiger charge is -2.30. The van der Waals surface area contributed by atoms with Crippen molar-refractivity contribution in [3.05, 3.63) is 82.7 Å². The first-order valence-electron chi connectivity index (χ1n) is 10.9. The van der Waals surface area contributed by atoms with Crippen LogP contribution in [0.1, 0.15) is 33.6 Å². The summed E-state index contributed by atoms with van der Waals surface area (Å²) in [5, 5.41) is 18.2. The number of carbonyl (C=O) groups excluding carboxylic acids is 2. The van der Waals surface area contributed by atoms with Crippen molar-refractivity contribution >= 4 is 33.0 Å². The zero-order valence-corrected chi connectivity index (χ0v) is 20.3. The molecule has 0 radical (unpaired) electrons. The van der Waals surface area contributed by atoms with Gasteiger partial charge in [0.25, 0.3) is 5.91 Å². The molecule has 1 aliphatic rings. The number of hydrogen-bond acceptors (Lipinski definition) is 7. The molecule has 1 saturated heterocycles. The highest BCUT2D eigenvalue weighted by Gasteiger charge is 2.49. The van der Waals surface area contributed by atoms with Crippen LogP contribution in [0.5, 0.6) is 0 Å². The van der Waals surface area contributed by atoms with Gasteiger partial charge in [-0.05, 0) is 48.4 Å². The van der Waals surface area contributed by atoms with E-state index >= 15 is 0 Å². The van der Waals surface area contributed by atoms with E-state index in [1.165, 1.54) is 16.2 Å². The molecule has 0 bridgehead atoms. The molecule has 8 nitrogen and oxygen atoms in total. The minimum atomic E-state index is -3.91. The molecule has 0 spiro atoms. The van der Waals surface area contributed by atoms with E-state index in [1.807, 2.05) is 0 Å². The third-order valence-electron chi connectivity index (χ3n) is 6.24. The van der Waals surface area contributed by atoms with Gasteiger partial charge in [0, 0.05) is 28.4 Å². The van der Waals surface area contributed by atoms with Gasteiger partial charge in [0.2, 0.25) is 5.91 Å². The highest BCUT2D eigenvalue weighted by molar-refractivity contribution is 7.92. The maximum Gasteiger partial charge on any atom is 0.253 e. The van der Waals surface area contributed by atoms with Gasteiger partial charge in [-0.2, -0.15) is 5.26 Å². The van der Waals surface area contributed by atoms with Gasteiger partial charge in [-0.3, -0.25) is 14.8 Å². The van der Waals surface area contributed by atoms with E-state index in [2.05, 4.69) is 6.07 Å². The molecule has 1 atom stereocenters. The third kappa shape index (κ3) is 4.84. The van der Waals surface area contributed by atoms with Crippen molar-refractivity contribution in [2.75, 3.05) is 18.8 Å². The van der Waals surface area contributed by atoms with Crippen molar-refractivity contribution in [3.8, 4) is 16.5 Å². The topological polar surface area (TPSA) is 128 Å². The molecule has 0 aliphatic carbocycles. The molecule has 2 heterocycles. The van der Waals surface area contributed by atoms with Gasteiger partial charge in [-0.25, -0.2) is 13.9 Å². The molecule has 1 aromatic heterocycles. The second-order valence-electron chi connectivity index (χ2n) is 8.29. The largest absolute Gasteiger partial charge is 0.338 e. The van der Waals surface area contributed by atoms with Crippen LogP contribution >= 0.6 is 11.3 Å². The molecule has 4 rings (SSSR count). The van der Waals surface area contributed by atoms with Crippen LogP contribution in [0.2, 0.25) is 0 Å². The Labute approximate surface area is 207 Å². The van der Waals surface area contributed by atoms with E-state index in [9.17, 15) is 23.2 Å². The average molecular weight is 510 g/mol. The molecule has 3 aromatic rings. The average Bonchev–Trinajstić information content (AvgIpc) is 3.34. The smallest absolute Gasteiger partial charge is 0.253 e. The Bertz CT molecular complexity index is 1380. The Morgan fingerprint density at radius 3 is 2.43 bits per heavy atom. The molecule has 0 saturated carbocycles. The molecule has 2 aromatic carbocycles. The van der Waals surface area contributed by atoms with Gasteiger partial charge < -0.3 is 4.90 Å². The Morgan fingerprint density at radius 2 is 1.77 bits per heavy atom. The highest BCUT2D eigenvalue weighted by atomic mass is 32.2. The summed E-state index contributed by atoms with van der Waals surface area (Å²) in [6, 6.07) is 21.1. The van der Waals surface area contributed by atoms with E-state index in [1.54, 1.807) is 72.2 Å². The lowest BCUT2D eigenvalue weighted by Crippen LogP contribution is -2.41. The standard InChI is InChI=1S/C25H23N3O5S2/c26-17-18-6-8-19(9-7-18)21-10-11-22(34-21)25(16-23(29)27-31)12-13-28(14-15-35(25,32)33)24(30)20-4-2-1-3-5-20/h1-11,31H,12-16H2,(H,27,29). The molecular weight excluding hydrogens is 486 g/mol. The van der Waals surface area contributed by atoms with Crippen molar-refractivity contribution in [2.24, 2.45) is 0 Å². The van der Waals surface area contributed by atoms with Crippen LogP contribution in [0.3, 0.4) is 0 Å². The summed E-state index contributed by atoms with van der Waals surface area (Å²) in [6.45, 7) is 0.141. The number of nitrogens with one attached hydrogen (secondary N) is 1. The zero-order chi connectivity index (χ0) is 25.1. The van der Waals surface area contributed by atoms with Crippen molar-refractivity contribution in [3.63, 3.8) is 0 Å². The summed E-state index contributed by atoms with van der Waals surface area (Å²) in [5.74, 6) is -1.40. The first kappa shape index (κ1) is 24.6. The highest BCUT2D eigenvalue weighted by Crippen LogP contribution is 2.45. The second-order valence-corrected chi connectivity index (χ2v) is 11.8. The normalized spacial score (nSPS) is 19.4. The number of hydrogen-bond donors (Lipinski definition) is 2. The summed E-state index contributed by atoms with van der Waals surface area (Å²) in [5.41, 5.74) is 3.35. The predicted octanol–water partition coefficient (Wildman–Crippen LogP) is 3.34. The molecule has 1 unspecified atom stereocenters. The summed E-state index contributed by atoms with van der Waals surface area (Å²) in [4.78, 5) is 28.1. The number of thiophene rings is 1. The Balaban J connectivity index is 1.72. The third-order valence-corrected chi connectivity index (χ3v) is 10.2. The van der Waals surface area contributed by atoms with Gasteiger partial charge in [0.1, 0.15) is 4.75 Å². The number of carbonyl (C=O) groups is 2. The van der Waals surface area contributed by atoms with Crippen molar-refractivity contribution in [2.45, 2.75) is 17.6 Å². The number of benzene rings is 2. The summed E-state index contributed by atoms with van der Waals surface area (Å²) in [6.07, 6.45) is -0.457. The number of amides is 2. The summed E-state index contributed by atoms with van der Waals surface area (Å²) in [7, 11) is -3.91. The fourth-order valence-corrected chi connectivity index (χ4v) is 7.89. The fourth-order valence-electron chi connectivity index (χ4n) is 4.28. The SMILES string of the molecule is N#Cc1ccc(-c2ccc(C3(CC(=O)NO)CCN(C(=O)c4ccccc4)CCS3(=O)=O)s2)cc1. The molecule has 2 amide bonds. The molecular formula is C25H23N3O5S2. The van der Waals surface area contributed by atoms with Gasteiger partial charge in [0.05, 0.1) is 23.8 Å². The van der Waals surface area contributed by atoms with Crippen LogP contribution in [0.4, 0.5) is 0 Å². The molecule has 1 aliphatic heterocycles. The molecule has 35 heavy (non-hydrogen) atoms. The van der Waals surface area contributed by atoms with Crippen LogP contribution in [0.15, 0.2) is 66.7 Å². The lowest BCUT2D eigenvalue weighted by atomic mass is 9.97. The number of nitriles is 1. The maximum absolute atomic E-state index is 13.7. The van der Waals surface area contributed by atoms with E-state index < -0.39 is 26.9 Å². The number of sulfone groups is 1. The monoisotopic (exact) mass is 509 g/mol. The zero-order valence-electron chi connectivity index (χ0n) is 18.7. The van der Waals surface area contributed by atoms with E-state index in [-0.39, 0.29) is 31.2 Å². The van der Waals surface area contributed by atoms with Crippen LogP contribution in [-0.2, 0) is 19.4 Å². The van der Waals surface area contributed by atoms with Crippen LogP contribution in [-0.4, -0.2) is 49.2 Å². The molecule has 180 valence electrons. The lowest BCUT2D eigenvalue weighted by molar-refractivity contribution is -0.129. The van der Waals surface area contributed by atoms with Crippen LogP contribution in [0, 0.1) is 11.3 Å². The molecule has 1 fully saturated rings. The van der Waals surface area contributed by atoms with E-state index in [0.717, 1.165) is 10.4 Å². The first-order chi connectivity index (χ1) is 16.8. The van der Waals surface area contributed by atoms with Crippen LogP contribution < -0.4 is 5.48 Å². The Hall–Kier alpha value is -3.52. The van der Waals surface area contributed by atoms with Crippen molar-refractivity contribution in [1.82, 2.24) is 10.4 Å². The Kier molecular flexibility index (Phi) is 7.03. The second kappa shape index (κ2) is 10.00. The van der Waals surface area contributed by atoms with Crippen molar-refractivity contribution < 1.29 is 23.2 Å². The Morgan fingerprint density at radius 1 is 1.06 bits per heavy atom. The summed E-state index contributed by atoms with van der Waals surface area (Å²) < 4.78 is 25.8. The number of hydroxylamine groups is 1. The van der Waals surface area contributed by atoms with Gasteiger partial charge in [0.15, 0.2) is 9.84 Å². The minimum Gasteiger partial charge on any atom is -0.338 e. The van der Waals surface area contributed by atoms with Gasteiger partial charge >= 0.3 is 0 Å². The predicted molar refractivity (Wildman–Crippen MR) is 131 cm³/mol. The summed E-state index contributed by atoms with van der Waals surface area (Å²) >= 11 is 1.25. The quantitative estimate of drug-likeness (QED) is 0.401. The van der Waals surface area contributed by atoms with Gasteiger partial charge in [-0.15, -0.1) is 11.3 Å². The minimum absolute atomic E-state index is 0.00636. The van der Waals surface area contributed by atoms with E-state index in [4.69, 9.17) is 5.26 Å². The van der Waals surface area contributed by atoms with E-state index in [0.29, 0.717) is 16.0 Å². The number of rotatable bonds is 5. The van der Waals surface area contributed by atoms with Crippen molar-refractivity contribution in [1.29, 1.82) is 5.26 Å². The number of nitrogens with zero attached hydrogens (tertiary/aromatic N) is 2.